The predicted octanol–water partition coefficient (Wildman–Crippen LogP) is -0.109. The maximum atomic E-state index is 11.8. The maximum Gasteiger partial charge on any atom is 0.316 e. The Bertz CT molecular complexity index is 566. The van der Waals surface area contributed by atoms with Crippen molar-refractivity contribution in [2.45, 2.75) is 11.6 Å². The third-order valence-corrected chi connectivity index (χ3v) is 4.34. The second kappa shape index (κ2) is 7.43. The van der Waals surface area contributed by atoms with Gasteiger partial charge in [0.15, 0.2) is 0 Å². The molecule has 2 amide bonds. The molecule has 1 aromatic heterocycles. The number of carbonyl (C=O) groups is 1. The van der Waals surface area contributed by atoms with E-state index in [0.29, 0.717) is 25.4 Å². The van der Waals surface area contributed by atoms with Crippen molar-refractivity contribution in [3.63, 3.8) is 0 Å². The number of urea groups is 1. The van der Waals surface area contributed by atoms with Crippen LogP contribution in [-0.4, -0.2) is 64.9 Å². The first kappa shape index (κ1) is 17.5. The second-order valence-electron chi connectivity index (χ2n) is 4.81. The van der Waals surface area contributed by atoms with Gasteiger partial charge in [-0.1, -0.05) is 0 Å². The summed E-state index contributed by atoms with van der Waals surface area (Å²) in [5.74, 6) is 0.523. The number of furan rings is 1. The van der Waals surface area contributed by atoms with Crippen LogP contribution in [0.15, 0.2) is 21.6 Å². The van der Waals surface area contributed by atoms with Crippen LogP contribution in [0.25, 0.3) is 0 Å². The van der Waals surface area contributed by atoms with Crippen LogP contribution in [0.1, 0.15) is 5.76 Å². The Balaban J connectivity index is 2.38. The van der Waals surface area contributed by atoms with Crippen LogP contribution in [0.4, 0.5) is 4.79 Å². The molecule has 0 aliphatic rings. The number of nitrogens with one attached hydrogen (secondary N) is 2. The molecule has 120 valence electrons. The largest absolute Gasteiger partial charge is 0.447 e. The van der Waals surface area contributed by atoms with Gasteiger partial charge < -0.3 is 20.0 Å². The van der Waals surface area contributed by atoms with Gasteiger partial charge in [-0.2, -0.15) is 0 Å². The number of hydrogen-bond donors (Lipinski definition) is 2. The lowest BCUT2D eigenvalue weighted by Gasteiger charge is -2.11. The molecule has 0 aromatic carbocycles. The molecule has 0 fully saturated rings. The van der Waals surface area contributed by atoms with E-state index < -0.39 is 10.0 Å². The minimum absolute atomic E-state index is 0.0785. The van der Waals surface area contributed by atoms with E-state index in [1.165, 1.54) is 25.1 Å². The van der Waals surface area contributed by atoms with Crippen molar-refractivity contribution in [3.05, 3.63) is 17.9 Å². The molecule has 1 rings (SSSR count). The molecule has 0 aliphatic carbocycles. The van der Waals surface area contributed by atoms with Crippen molar-refractivity contribution in [2.75, 3.05) is 41.3 Å². The normalized spacial score (nSPS) is 11.7. The second-order valence-corrected chi connectivity index (χ2v) is 6.89. The molecule has 0 aliphatic heterocycles. The Morgan fingerprint density at radius 3 is 2.43 bits per heavy atom. The first-order valence-electron chi connectivity index (χ1n) is 6.42. The predicted molar refractivity (Wildman–Crippen MR) is 78.4 cm³/mol. The molecular weight excluding hydrogens is 296 g/mol. The number of rotatable bonds is 7. The number of hydrogen-bond acceptors (Lipinski definition) is 5. The van der Waals surface area contributed by atoms with Gasteiger partial charge in [0.05, 0.1) is 6.54 Å². The fourth-order valence-corrected chi connectivity index (χ4v) is 2.21. The van der Waals surface area contributed by atoms with E-state index in [1.54, 1.807) is 20.2 Å². The van der Waals surface area contributed by atoms with Crippen LogP contribution in [0.2, 0.25) is 0 Å². The van der Waals surface area contributed by atoms with Crippen molar-refractivity contribution in [3.8, 4) is 0 Å². The van der Waals surface area contributed by atoms with Crippen LogP contribution >= 0.6 is 0 Å². The van der Waals surface area contributed by atoms with Crippen molar-refractivity contribution >= 4 is 16.1 Å². The summed E-state index contributed by atoms with van der Waals surface area (Å²) >= 11 is 0. The fraction of sp³-hybridized carbons (Fsp3) is 0.583. The first-order valence-corrected chi connectivity index (χ1v) is 7.86. The average molecular weight is 318 g/mol. The van der Waals surface area contributed by atoms with Crippen molar-refractivity contribution < 1.29 is 17.6 Å². The summed E-state index contributed by atoms with van der Waals surface area (Å²) in [6, 6.07) is 2.89. The minimum atomic E-state index is -3.54. The Labute approximate surface area is 125 Å². The summed E-state index contributed by atoms with van der Waals surface area (Å²) in [6.45, 7) is 1.41. The van der Waals surface area contributed by atoms with Gasteiger partial charge in [0, 0.05) is 41.3 Å². The quantitative estimate of drug-likeness (QED) is 0.684. The van der Waals surface area contributed by atoms with Crippen LogP contribution in [0.5, 0.6) is 0 Å². The number of nitrogens with zero attached hydrogens (tertiary/aromatic N) is 2. The standard InChI is InChI=1S/C12H22N4O4S/c1-15(2)12(17)14-8-7-13-9-10-5-6-11(20-10)21(18,19)16(3)4/h5-6,13H,7-9H2,1-4H3,(H,14,17). The lowest BCUT2D eigenvalue weighted by Crippen LogP contribution is -2.38. The third-order valence-electron chi connectivity index (χ3n) is 2.66. The summed E-state index contributed by atoms with van der Waals surface area (Å²) in [5, 5.41) is 5.68. The van der Waals surface area contributed by atoms with Crippen molar-refractivity contribution in [2.24, 2.45) is 0 Å². The molecule has 1 heterocycles. The Hall–Kier alpha value is -1.58. The van der Waals surface area contributed by atoms with Crippen molar-refractivity contribution in [1.29, 1.82) is 0 Å². The van der Waals surface area contributed by atoms with Gasteiger partial charge in [-0.05, 0) is 12.1 Å². The zero-order valence-electron chi connectivity index (χ0n) is 12.7. The molecular formula is C12H22N4O4S. The summed E-state index contributed by atoms with van der Waals surface area (Å²) in [6.07, 6.45) is 0. The van der Waals surface area contributed by atoms with Gasteiger partial charge in [0.25, 0.3) is 10.0 Å². The van der Waals surface area contributed by atoms with Gasteiger partial charge in [-0.15, -0.1) is 0 Å². The molecule has 21 heavy (non-hydrogen) atoms. The fourth-order valence-electron chi connectivity index (χ4n) is 1.40. The van der Waals surface area contributed by atoms with Crippen LogP contribution in [0.3, 0.4) is 0 Å². The molecule has 1 aromatic rings. The summed E-state index contributed by atoms with van der Waals surface area (Å²) in [7, 11) is 2.69. The number of carbonyl (C=O) groups excluding carboxylic acids is 1. The van der Waals surface area contributed by atoms with Gasteiger partial charge >= 0.3 is 6.03 Å². The maximum absolute atomic E-state index is 11.8. The lowest BCUT2D eigenvalue weighted by atomic mass is 10.4. The Kier molecular flexibility index (Phi) is 6.19. The smallest absolute Gasteiger partial charge is 0.316 e. The molecule has 0 saturated carbocycles. The van der Waals surface area contributed by atoms with E-state index in [-0.39, 0.29) is 11.1 Å². The molecule has 9 heteroatoms. The highest BCUT2D eigenvalue weighted by molar-refractivity contribution is 7.88. The van der Waals surface area contributed by atoms with Crippen LogP contribution < -0.4 is 10.6 Å². The van der Waals surface area contributed by atoms with E-state index in [9.17, 15) is 13.2 Å². The molecule has 0 spiro atoms. The van der Waals surface area contributed by atoms with E-state index in [0.717, 1.165) is 4.31 Å². The van der Waals surface area contributed by atoms with Crippen LogP contribution in [0, 0.1) is 0 Å². The van der Waals surface area contributed by atoms with E-state index >= 15 is 0 Å². The number of sulfonamides is 1. The Morgan fingerprint density at radius 1 is 1.19 bits per heavy atom. The zero-order chi connectivity index (χ0) is 16.0. The highest BCUT2D eigenvalue weighted by Crippen LogP contribution is 2.16. The van der Waals surface area contributed by atoms with Crippen LogP contribution in [-0.2, 0) is 16.6 Å². The molecule has 0 radical (unpaired) electrons. The third kappa shape index (κ3) is 5.03. The Morgan fingerprint density at radius 2 is 1.86 bits per heavy atom. The summed E-state index contributed by atoms with van der Waals surface area (Å²) in [4.78, 5) is 12.7. The molecule has 0 bridgehead atoms. The van der Waals surface area contributed by atoms with E-state index in [4.69, 9.17) is 4.42 Å². The molecule has 8 nitrogen and oxygen atoms in total. The first-order chi connectivity index (χ1) is 9.75. The topological polar surface area (TPSA) is 94.9 Å². The van der Waals surface area contributed by atoms with E-state index in [2.05, 4.69) is 10.6 Å². The lowest BCUT2D eigenvalue weighted by molar-refractivity contribution is 0.217. The molecule has 0 saturated heterocycles. The SMILES string of the molecule is CN(C)C(=O)NCCNCc1ccc(S(=O)(=O)N(C)C)o1. The zero-order valence-corrected chi connectivity index (χ0v) is 13.5. The monoisotopic (exact) mass is 318 g/mol. The summed E-state index contributed by atoms with van der Waals surface area (Å²) < 4.78 is 30.0. The van der Waals surface area contributed by atoms with Crippen molar-refractivity contribution in [1.82, 2.24) is 19.8 Å². The summed E-state index contributed by atoms with van der Waals surface area (Å²) in [5.41, 5.74) is 0. The van der Waals surface area contributed by atoms with E-state index in [1.807, 2.05) is 0 Å². The van der Waals surface area contributed by atoms with Gasteiger partial charge in [-0.3, -0.25) is 0 Å². The molecule has 2 N–H and O–H groups in total. The van der Waals surface area contributed by atoms with Gasteiger partial charge in [0.1, 0.15) is 5.76 Å². The molecule has 0 atom stereocenters. The van der Waals surface area contributed by atoms with Gasteiger partial charge in [0.2, 0.25) is 5.09 Å². The highest BCUT2D eigenvalue weighted by Gasteiger charge is 2.21. The molecule has 0 unspecified atom stereocenters. The van der Waals surface area contributed by atoms with Gasteiger partial charge in [-0.25, -0.2) is 17.5 Å². The minimum Gasteiger partial charge on any atom is -0.447 e. The highest BCUT2D eigenvalue weighted by atomic mass is 32.2. The number of amides is 2. The average Bonchev–Trinajstić information content (AvgIpc) is 2.87.